The minimum Gasteiger partial charge on any atom is -0.388 e. The molecular formula is C13H15BrF3NO2. The molecule has 0 saturated carbocycles. The number of hydrogen-bond donors (Lipinski definition) is 2. The van der Waals surface area contributed by atoms with Gasteiger partial charge in [0.15, 0.2) is 0 Å². The Bertz CT molecular complexity index is 473. The number of hydrogen-bond acceptors (Lipinski definition) is 3. The zero-order valence-electron chi connectivity index (χ0n) is 10.6. The highest BCUT2D eigenvalue weighted by atomic mass is 79.9. The minimum absolute atomic E-state index is 0.278. The summed E-state index contributed by atoms with van der Waals surface area (Å²) in [6.45, 7) is 1.26. The Kier molecular flexibility index (Phi) is 4.61. The van der Waals surface area contributed by atoms with E-state index in [0.29, 0.717) is 36.2 Å². The standard InChI is InChI=1S/C13H15BrF3NO2/c14-10-7-9(13(15,16)17)1-2-11(10)18-8-12(19)3-5-20-6-4-12/h1-2,7,18-19H,3-6,8H2. The lowest BCUT2D eigenvalue weighted by Gasteiger charge is -2.32. The third-order valence-corrected chi connectivity index (χ3v) is 3.98. The molecule has 1 heterocycles. The van der Waals surface area contributed by atoms with E-state index in [9.17, 15) is 18.3 Å². The Labute approximate surface area is 123 Å². The van der Waals surface area contributed by atoms with Gasteiger partial charge < -0.3 is 15.2 Å². The van der Waals surface area contributed by atoms with E-state index in [4.69, 9.17) is 4.74 Å². The molecule has 0 aliphatic carbocycles. The van der Waals surface area contributed by atoms with Crippen LogP contribution >= 0.6 is 15.9 Å². The molecule has 1 fully saturated rings. The van der Waals surface area contributed by atoms with Crippen LogP contribution in [0.1, 0.15) is 18.4 Å². The number of anilines is 1. The summed E-state index contributed by atoms with van der Waals surface area (Å²) in [4.78, 5) is 0. The molecule has 0 amide bonds. The average molecular weight is 354 g/mol. The van der Waals surface area contributed by atoms with Crippen molar-refractivity contribution in [2.75, 3.05) is 25.1 Å². The maximum Gasteiger partial charge on any atom is 0.416 e. The molecule has 1 aliphatic rings. The smallest absolute Gasteiger partial charge is 0.388 e. The van der Waals surface area contributed by atoms with Crippen molar-refractivity contribution in [2.24, 2.45) is 0 Å². The van der Waals surface area contributed by atoms with Crippen molar-refractivity contribution in [1.82, 2.24) is 0 Å². The van der Waals surface area contributed by atoms with Crippen LogP contribution in [0.2, 0.25) is 0 Å². The van der Waals surface area contributed by atoms with E-state index in [1.165, 1.54) is 6.07 Å². The first-order valence-corrected chi connectivity index (χ1v) is 7.00. The van der Waals surface area contributed by atoms with Gasteiger partial charge in [-0.05, 0) is 34.1 Å². The minimum atomic E-state index is -4.36. The Morgan fingerprint density at radius 2 is 1.95 bits per heavy atom. The Balaban J connectivity index is 2.03. The molecule has 1 aromatic carbocycles. The third kappa shape index (κ3) is 3.86. The van der Waals surface area contributed by atoms with Crippen LogP contribution in [0.25, 0.3) is 0 Å². The van der Waals surface area contributed by atoms with Gasteiger partial charge in [-0.15, -0.1) is 0 Å². The number of halogens is 4. The zero-order valence-corrected chi connectivity index (χ0v) is 12.2. The van der Waals surface area contributed by atoms with Gasteiger partial charge in [-0.2, -0.15) is 13.2 Å². The molecule has 1 saturated heterocycles. The second kappa shape index (κ2) is 5.91. The van der Waals surface area contributed by atoms with Crippen molar-refractivity contribution in [3.05, 3.63) is 28.2 Å². The van der Waals surface area contributed by atoms with Crippen LogP contribution in [0.4, 0.5) is 18.9 Å². The van der Waals surface area contributed by atoms with Gasteiger partial charge in [0.2, 0.25) is 0 Å². The fourth-order valence-electron chi connectivity index (χ4n) is 2.02. The van der Waals surface area contributed by atoms with Crippen LogP contribution in [0.15, 0.2) is 22.7 Å². The number of aliphatic hydroxyl groups is 1. The molecule has 0 aromatic heterocycles. The summed E-state index contributed by atoms with van der Waals surface area (Å²) in [7, 11) is 0. The summed E-state index contributed by atoms with van der Waals surface area (Å²) in [5.74, 6) is 0. The van der Waals surface area contributed by atoms with Gasteiger partial charge in [0.25, 0.3) is 0 Å². The monoisotopic (exact) mass is 353 g/mol. The first kappa shape index (κ1) is 15.6. The maximum absolute atomic E-state index is 12.5. The van der Waals surface area contributed by atoms with Crippen LogP contribution in [0, 0.1) is 0 Å². The molecule has 2 N–H and O–H groups in total. The van der Waals surface area contributed by atoms with E-state index in [1.807, 2.05) is 0 Å². The summed E-state index contributed by atoms with van der Waals surface area (Å²) in [6.07, 6.45) is -3.34. The summed E-state index contributed by atoms with van der Waals surface area (Å²) in [5, 5.41) is 13.3. The fourth-order valence-corrected chi connectivity index (χ4v) is 2.54. The third-order valence-electron chi connectivity index (χ3n) is 3.33. The molecule has 0 spiro atoms. The molecule has 20 heavy (non-hydrogen) atoms. The predicted octanol–water partition coefficient (Wildman–Crippen LogP) is 3.42. The van der Waals surface area contributed by atoms with Crippen molar-refractivity contribution >= 4 is 21.6 Å². The molecule has 0 unspecified atom stereocenters. The molecule has 0 radical (unpaired) electrons. The maximum atomic E-state index is 12.5. The van der Waals surface area contributed by atoms with Gasteiger partial charge in [-0.1, -0.05) is 0 Å². The number of rotatable bonds is 3. The number of alkyl halides is 3. The quantitative estimate of drug-likeness (QED) is 0.874. The summed E-state index contributed by atoms with van der Waals surface area (Å²) in [5.41, 5.74) is -1.06. The second-order valence-corrected chi connectivity index (χ2v) is 5.74. The lowest BCUT2D eigenvalue weighted by molar-refractivity contribution is -0.137. The van der Waals surface area contributed by atoms with Crippen LogP contribution in [0.3, 0.4) is 0 Å². The summed E-state index contributed by atoms with van der Waals surface area (Å²) < 4.78 is 43.1. The Morgan fingerprint density at radius 1 is 1.30 bits per heavy atom. The highest BCUT2D eigenvalue weighted by Gasteiger charge is 2.32. The van der Waals surface area contributed by atoms with E-state index in [0.717, 1.165) is 12.1 Å². The highest BCUT2D eigenvalue weighted by Crippen LogP contribution is 2.34. The topological polar surface area (TPSA) is 41.5 Å². The molecule has 1 aromatic rings. The number of ether oxygens (including phenoxy) is 1. The Hall–Kier alpha value is -0.790. The molecular weight excluding hydrogens is 339 g/mol. The van der Waals surface area contributed by atoms with Crippen molar-refractivity contribution < 1.29 is 23.0 Å². The van der Waals surface area contributed by atoms with E-state index in [2.05, 4.69) is 21.2 Å². The second-order valence-electron chi connectivity index (χ2n) is 4.88. The van der Waals surface area contributed by atoms with Crippen molar-refractivity contribution in [3.63, 3.8) is 0 Å². The van der Waals surface area contributed by atoms with Crippen molar-refractivity contribution in [2.45, 2.75) is 24.6 Å². The van der Waals surface area contributed by atoms with Gasteiger partial charge in [-0.25, -0.2) is 0 Å². The van der Waals surface area contributed by atoms with E-state index in [1.54, 1.807) is 0 Å². The first-order chi connectivity index (χ1) is 9.30. The number of nitrogens with one attached hydrogen (secondary N) is 1. The lowest BCUT2D eigenvalue weighted by atomic mass is 9.94. The largest absolute Gasteiger partial charge is 0.416 e. The van der Waals surface area contributed by atoms with Crippen molar-refractivity contribution in [3.8, 4) is 0 Å². The van der Waals surface area contributed by atoms with E-state index >= 15 is 0 Å². The number of benzene rings is 1. The van der Waals surface area contributed by atoms with Gasteiger partial charge in [-0.3, -0.25) is 0 Å². The van der Waals surface area contributed by atoms with Gasteiger partial charge in [0.05, 0.1) is 11.2 Å². The molecule has 0 bridgehead atoms. The molecule has 3 nitrogen and oxygen atoms in total. The normalized spacial score (nSPS) is 18.9. The zero-order chi connectivity index (χ0) is 14.8. The molecule has 1 aliphatic heterocycles. The van der Waals surface area contributed by atoms with Gasteiger partial charge in [0, 0.05) is 42.8 Å². The lowest BCUT2D eigenvalue weighted by Crippen LogP contribution is -2.42. The van der Waals surface area contributed by atoms with E-state index < -0.39 is 17.3 Å². The summed E-state index contributed by atoms with van der Waals surface area (Å²) >= 11 is 3.11. The first-order valence-electron chi connectivity index (χ1n) is 6.21. The highest BCUT2D eigenvalue weighted by molar-refractivity contribution is 9.10. The summed E-state index contributed by atoms with van der Waals surface area (Å²) in [6, 6.07) is 3.40. The molecule has 0 atom stereocenters. The molecule has 112 valence electrons. The fraction of sp³-hybridized carbons (Fsp3) is 0.538. The van der Waals surface area contributed by atoms with Gasteiger partial charge >= 0.3 is 6.18 Å². The van der Waals surface area contributed by atoms with Crippen LogP contribution in [0.5, 0.6) is 0 Å². The SMILES string of the molecule is OC1(CNc2ccc(C(F)(F)F)cc2Br)CCOCC1. The van der Waals surface area contributed by atoms with Crippen LogP contribution in [-0.2, 0) is 10.9 Å². The molecule has 7 heteroatoms. The van der Waals surface area contributed by atoms with Crippen molar-refractivity contribution in [1.29, 1.82) is 0 Å². The molecule has 2 rings (SSSR count). The van der Waals surface area contributed by atoms with E-state index in [-0.39, 0.29) is 6.54 Å². The van der Waals surface area contributed by atoms with Gasteiger partial charge in [0.1, 0.15) is 0 Å². The van der Waals surface area contributed by atoms with Crippen LogP contribution < -0.4 is 5.32 Å². The average Bonchev–Trinajstić information content (AvgIpc) is 2.37. The Morgan fingerprint density at radius 3 is 2.50 bits per heavy atom. The van der Waals surface area contributed by atoms with Crippen LogP contribution in [-0.4, -0.2) is 30.5 Å². The predicted molar refractivity (Wildman–Crippen MR) is 72.6 cm³/mol.